The lowest BCUT2D eigenvalue weighted by molar-refractivity contribution is 0.558. The highest BCUT2D eigenvalue weighted by Crippen LogP contribution is 2.33. The predicted molar refractivity (Wildman–Crippen MR) is 142 cm³/mol. The van der Waals surface area contributed by atoms with Gasteiger partial charge in [-0.15, -0.1) is 11.3 Å². The van der Waals surface area contributed by atoms with Crippen LogP contribution in [0.25, 0.3) is 32.6 Å². The lowest BCUT2D eigenvalue weighted by Crippen LogP contribution is -2.33. The van der Waals surface area contributed by atoms with Gasteiger partial charge in [-0.2, -0.15) is 5.10 Å². The fourth-order valence-corrected chi connectivity index (χ4v) is 6.45. The highest BCUT2D eigenvalue weighted by molar-refractivity contribution is 7.18. The molecule has 6 rings (SSSR count). The van der Waals surface area contributed by atoms with E-state index in [9.17, 15) is 9.59 Å². The molecule has 8 heteroatoms. The SMILES string of the molecule is Cn1c(-n2ccc(C(C)(C)C)n2)cc2cc(-n3c(=O)[nH]c4sc5c(c4c3=O)CCCCC5)ccc21. The van der Waals surface area contributed by atoms with Crippen LogP contribution in [0.2, 0.25) is 0 Å². The Kier molecular flexibility index (Phi) is 4.93. The molecular weight excluding hydrogens is 458 g/mol. The zero-order valence-electron chi connectivity index (χ0n) is 20.5. The third-order valence-corrected chi connectivity index (χ3v) is 8.32. The number of nitrogens with one attached hydrogen (secondary N) is 1. The van der Waals surface area contributed by atoms with Gasteiger partial charge in [0.1, 0.15) is 10.6 Å². The first kappa shape index (κ1) is 22.1. The number of benzene rings is 1. The fraction of sp³-hybridized carbons (Fsp3) is 0.370. The summed E-state index contributed by atoms with van der Waals surface area (Å²) in [5, 5.41) is 6.41. The minimum atomic E-state index is -0.392. The van der Waals surface area contributed by atoms with E-state index in [4.69, 9.17) is 5.10 Å². The quantitative estimate of drug-likeness (QED) is 0.357. The van der Waals surface area contributed by atoms with E-state index in [-0.39, 0.29) is 11.0 Å². The standard InChI is InChI=1S/C27H29N5O2S/c1-27(2,3)21-12-13-31(29-21)22-15-16-14-17(10-11-19(16)30(22)4)32-25(33)23-18-8-6-5-7-9-20(18)35-24(23)28-26(32)34/h10-15H,5-9H2,1-4H3,(H,28,34). The lowest BCUT2D eigenvalue weighted by Gasteiger charge is -2.14. The Morgan fingerprint density at radius 3 is 2.60 bits per heavy atom. The number of rotatable bonds is 2. The van der Waals surface area contributed by atoms with Crippen molar-refractivity contribution in [2.75, 3.05) is 0 Å². The van der Waals surface area contributed by atoms with Crippen LogP contribution in [0.5, 0.6) is 0 Å². The van der Waals surface area contributed by atoms with Crippen LogP contribution in [0.3, 0.4) is 0 Å². The molecule has 0 aliphatic heterocycles. The number of hydrogen-bond donors (Lipinski definition) is 1. The Morgan fingerprint density at radius 1 is 1.03 bits per heavy atom. The van der Waals surface area contributed by atoms with Crippen molar-refractivity contribution in [3.05, 3.63) is 73.5 Å². The van der Waals surface area contributed by atoms with Crippen LogP contribution >= 0.6 is 11.3 Å². The molecule has 0 bridgehead atoms. The molecule has 0 saturated carbocycles. The molecule has 1 N–H and O–H groups in total. The minimum absolute atomic E-state index is 0.0380. The number of thiophene rings is 1. The maximum atomic E-state index is 13.7. The first-order valence-electron chi connectivity index (χ1n) is 12.2. The average Bonchev–Trinajstić information content (AvgIpc) is 3.46. The van der Waals surface area contributed by atoms with Crippen LogP contribution in [0.15, 0.2) is 46.1 Å². The van der Waals surface area contributed by atoms with Gasteiger partial charge in [0.25, 0.3) is 5.56 Å². The molecule has 0 saturated heterocycles. The summed E-state index contributed by atoms with van der Waals surface area (Å²) in [6.07, 6.45) is 7.26. The Labute approximate surface area is 206 Å². The molecule has 1 aliphatic carbocycles. The Balaban J connectivity index is 1.50. The van der Waals surface area contributed by atoms with Gasteiger partial charge in [-0.3, -0.25) is 9.78 Å². The molecule has 5 aromatic rings. The first-order chi connectivity index (χ1) is 16.7. The molecule has 35 heavy (non-hydrogen) atoms. The van der Waals surface area contributed by atoms with E-state index >= 15 is 0 Å². The van der Waals surface area contributed by atoms with Gasteiger partial charge in [-0.1, -0.05) is 27.2 Å². The van der Waals surface area contributed by atoms with Gasteiger partial charge >= 0.3 is 5.69 Å². The van der Waals surface area contributed by atoms with Gasteiger partial charge in [-0.25, -0.2) is 14.0 Å². The zero-order chi connectivity index (χ0) is 24.5. The van der Waals surface area contributed by atoms with E-state index in [0.29, 0.717) is 15.9 Å². The second-order valence-corrected chi connectivity index (χ2v) is 11.6. The highest BCUT2D eigenvalue weighted by Gasteiger charge is 2.22. The van der Waals surface area contributed by atoms with Crippen molar-refractivity contribution in [1.29, 1.82) is 0 Å². The molecule has 1 aromatic carbocycles. The Hall–Kier alpha value is -3.39. The largest absolute Gasteiger partial charge is 0.334 e. The highest BCUT2D eigenvalue weighted by atomic mass is 32.1. The molecule has 0 fully saturated rings. The topological polar surface area (TPSA) is 77.6 Å². The van der Waals surface area contributed by atoms with Crippen molar-refractivity contribution in [1.82, 2.24) is 23.9 Å². The van der Waals surface area contributed by atoms with Crippen LogP contribution in [0.4, 0.5) is 0 Å². The monoisotopic (exact) mass is 487 g/mol. The van der Waals surface area contributed by atoms with E-state index in [1.54, 1.807) is 11.3 Å². The van der Waals surface area contributed by atoms with Crippen LogP contribution < -0.4 is 11.2 Å². The molecule has 7 nitrogen and oxygen atoms in total. The summed E-state index contributed by atoms with van der Waals surface area (Å²) in [7, 11) is 2.00. The van der Waals surface area contributed by atoms with Crippen molar-refractivity contribution in [3.8, 4) is 11.5 Å². The van der Waals surface area contributed by atoms with Gasteiger partial charge in [0.05, 0.1) is 16.8 Å². The number of hydrogen-bond acceptors (Lipinski definition) is 4. The van der Waals surface area contributed by atoms with Gasteiger partial charge in [-0.05, 0) is 61.6 Å². The Morgan fingerprint density at radius 2 is 1.83 bits per heavy atom. The summed E-state index contributed by atoms with van der Waals surface area (Å²) in [4.78, 5) is 31.7. The molecule has 0 radical (unpaired) electrons. The molecular formula is C27H29N5O2S. The van der Waals surface area contributed by atoms with Gasteiger partial charge in [0, 0.05) is 34.4 Å². The fourth-order valence-electron chi connectivity index (χ4n) is 5.18. The summed E-state index contributed by atoms with van der Waals surface area (Å²) in [6.45, 7) is 6.43. The van der Waals surface area contributed by atoms with Gasteiger partial charge in [0.15, 0.2) is 0 Å². The Bertz CT molecular complexity index is 1720. The smallest absolute Gasteiger partial charge is 0.329 e. The second-order valence-electron chi connectivity index (χ2n) is 10.5. The van der Waals surface area contributed by atoms with E-state index in [0.717, 1.165) is 53.7 Å². The first-order valence-corrected chi connectivity index (χ1v) is 13.0. The molecule has 4 aromatic heterocycles. The average molecular weight is 488 g/mol. The molecule has 0 spiro atoms. The van der Waals surface area contributed by atoms with Crippen molar-refractivity contribution in [3.63, 3.8) is 0 Å². The van der Waals surface area contributed by atoms with E-state index in [1.165, 1.54) is 15.9 Å². The molecule has 180 valence electrons. The third kappa shape index (κ3) is 3.50. The number of aryl methyl sites for hydroxylation is 3. The van der Waals surface area contributed by atoms with E-state index < -0.39 is 5.69 Å². The van der Waals surface area contributed by atoms with Gasteiger partial charge < -0.3 is 4.57 Å². The van der Waals surface area contributed by atoms with Gasteiger partial charge in [0.2, 0.25) is 0 Å². The van der Waals surface area contributed by atoms with Crippen LogP contribution in [0.1, 0.15) is 56.2 Å². The predicted octanol–water partition coefficient (Wildman–Crippen LogP) is 4.98. The number of aromatic amines is 1. The van der Waals surface area contributed by atoms with Crippen molar-refractivity contribution >= 4 is 32.5 Å². The maximum Gasteiger partial charge on any atom is 0.334 e. The van der Waals surface area contributed by atoms with Crippen LogP contribution in [-0.2, 0) is 25.3 Å². The summed E-state index contributed by atoms with van der Waals surface area (Å²) in [5.74, 6) is 0.924. The van der Waals surface area contributed by atoms with Crippen molar-refractivity contribution in [2.24, 2.45) is 7.05 Å². The normalized spacial score (nSPS) is 14.5. The minimum Gasteiger partial charge on any atom is -0.329 e. The summed E-state index contributed by atoms with van der Waals surface area (Å²) in [5.41, 5.74) is 3.08. The third-order valence-electron chi connectivity index (χ3n) is 7.11. The number of fused-ring (bicyclic) bond motifs is 4. The van der Waals surface area contributed by atoms with E-state index in [1.807, 2.05) is 48.3 Å². The molecule has 0 atom stereocenters. The second kappa shape index (κ2) is 7.81. The number of aromatic nitrogens is 5. The van der Waals surface area contributed by atoms with Crippen molar-refractivity contribution < 1.29 is 0 Å². The van der Waals surface area contributed by atoms with Crippen LogP contribution in [-0.4, -0.2) is 23.9 Å². The van der Waals surface area contributed by atoms with E-state index in [2.05, 4.69) is 30.3 Å². The maximum absolute atomic E-state index is 13.7. The lowest BCUT2D eigenvalue weighted by atomic mass is 9.93. The summed E-state index contributed by atoms with van der Waals surface area (Å²) < 4.78 is 5.25. The molecule has 0 amide bonds. The molecule has 4 heterocycles. The number of nitrogens with zero attached hydrogens (tertiary/aromatic N) is 4. The van der Waals surface area contributed by atoms with Crippen molar-refractivity contribution in [2.45, 2.75) is 58.3 Å². The van der Waals surface area contributed by atoms with Crippen LogP contribution in [0, 0.1) is 0 Å². The number of H-pyrrole nitrogens is 1. The summed E-state index contributed by atoms with van der Waals surface area (Å²) in [6, 6.07) is 9.82. The molecule has 1 aliphatic rings. The zero-order valence-corrected chi connectivity index (χ0v) is 21.3. The molecule has 0 unspecified atom stereocenters. The summed E-state index contributed by atoms with van der Waals surface area (Å²) >= 11 is 1.57.